The van der Waals surface area contributed by atoms with Gasteiger partial charge in [-0.2, -0.15) is 0 Å². The summed E-state index contributed by atoms with van der Waals surface area (Å²) >= 11 is 0. The van der Waals surface area contributed by atoms with Gasteiger partial charge in [-0.25, -0.2) is 0 Å². The molecule has 2 heterocycles. The van der Waals surface area contributed by atoms with Crippen molar-refractivity contribution in [2.75, 3.05) is 33.4 Å². The van der Waals surface area contributed by atoms with E-state index in [1.54, 1.807) is 13.8 Å². The molecule has 2 amide bonds. The van der Waals surface area contributed by atoms with Gasteiger partial charge in [0.15, 0.2) is 12.4 Å². The lowest BCUT2D eigenvalue weighted by Gasteiger charge is -2.47. The molecule has 228 valence electrons. The van der Waals surface area contributed by atoms with E-state index in [4.69, 9.17) is 18.9 Å². The third-order valence-corrected chi connectivity index (χ3v) is 6.90. The molecule has 0 aliphatic carbocycles. The molecule has 11 unspecified atom stereocenters. The molecule has 39 heavy (non-hydrogen) atoms. The maximum Gasteiger partial charge on any atom is 0.252 e. The maximum absolute atomic E-state index is 13.0. The van der Waals surface area contributed by atoms with Crippen LogP contribution in [0.1, 0.15) is 46.5 Å². The molecule has 2 saturated heterocycles. The van der Waals surface area contributed by atoms with E-state index >= 15 is 0 Å². The van der Waals surface area contributed by atoms with E-state index in [0.29, 0.717) is 19.5 Å². The van der Waals surface area contributed by atoms with Crippen LogP contribution in [0.4, 0.5) is 0 Å². The number of nitrogens with one attached hydrogen (secondary N) is 3. The Morgan fingerprint density at radius 3 is 2.23 bits per heavy atom. The van der Waals surface area contributed by atoms with Crippen LogP contribution in [0.5, 0.6) is 0 Å². The van der Waals surface area contributed by atoms with Gasteiger partial charge in [0, 0.05) is 27.1 Å². The molecule has 0 aromatic heterocycles. The predicted octanol–water partition coefficient (Wildman–Crippen LogP) is -2.87. The number of unbranched alkanes of at least 4 members (excludes halogenated alkanes) is 3. The molecule has 2 fully saturated rings. The summed E-state index contributed by atoms with van der Waals surface area (Å²) in [5.41, 5.74) is 0. The zero-order valence-corrected chi connectivity index (χ0v) is 23.2. The highest BCUT2D eigenvalue weighted by Crippen LogP contribution is 2.30. The summed E-state index contributed by atoms with van der Waals surface area (Å²) in [5, 5.41) is 59.6. The highest BCUT2D eigenvalue weighted by molar-refractivity contribution is 5.81. The van der Waals surface area contributed by atoms with Gasteiger partial charge in [0.25, 0.3) is 5.91 Å². The number of carbonyl (C=O) groups is 2. The second kappa shape index (κ2) is 16.7. The molecule has 0 aromatic carbocycles. The fourth-order valence-corrected chi connectivity index (χ4v) is 4.81. The molecule has 0 saturated carbocycles. The molecule has 0 spiro atoms. The predicted molar refractivity (Wildman–Crippen MR) is 137 cm³/mol. The van der Waals surface area contributed by atoms with Gasteiger partial charge in [-0.1, -0.05) is 12.8 Å². The Labute approximate surface area is 229 Å². The Bertz CT molecular complexity index is 746. The molecule has 14 heteroatoms. The number of ether oxygens (including phenoxy) is 4. The van der Waals surface area contributed by atoms with Crippen molar-refractivity contribution in [2.24, 2.45) is 0 Å². The van der Waals surface area contributed by atoms with E-state index in [1.807, 2.05) is 0 Å². The first-order valence-corrected chi connectivity index (χ1v) is 13.6. The van der Waals surface area contributed by atoms with Crippen molar-refractivity contribution < 1.29 is 54.1 Å². The van der Waals surface area contributed by atoms with Crippen LogP contribution in [0.2, 0.25) is 0 Å². The van der Waals surface area contributed by atoms with E-state index < -0.39 is 79.6 Å². The van der Waals surface area contributed by atoms with Crippen LogP contribution in [0, 0.1) is 0 Å². The van der Waals surface area contributed by atoms with Crippen molar-refractivity contribution in [3.8, 4) is 0 Å². The van der Waals surface area contributed by atoms with Crippen molar-refractivity contribution in [3.05, 3.63) is 0 Å². The average molecular weight is 566 g/mol. The fourth-order valence-electron chi connectivity index (χ4n) is 4.81. The van der Waals surface area contributed by atoms with Crippen molar-refractivity contribution in [1.29, 1.82) is 0 Å². The minimum Gasteiger partial charge on any atom is -0.394 e. The largest absolute Gasteiger partial charge is 0.394 e. The Balaban J connectivity index is 1.98. The minimum absolute atomic E-state index is 0.360. The molecule has 8 N–H and O–H groups in total. The van der Waals surface area contributed by atoms with Gasteiger partial charge in [-0.05, 0) is 33.2 Å². The number of hydrogen-bond donors (Lipinski definition) is 8. The van der Waals surface area contributed by atoms with Crippen molar-refractivity contribution >= 4 is 11.8 Å². The SMILES string of the molecule is COC1C(C(=O)NCCCCCCNCC(C)O)OC(OC2C(O)C(CO)OC(C)C2NC(C)=O)C(O)C1O. The number of hydrogen-bond acceptors (Lipinski definition) is 12. The highest BCUT2D eigenvalue weighted by atomic mass is 16.7. The van der Waals surface area contributed by atoms with Crippen molar-refractivity contribution in [2.45, 2.75) is 114 Å². The second-order valence-electron chi connectivity index (χ2n) is 10.2. The van der Waals surface area contributed by atoms with Gasteiger partial charge < -0.3 is 60.4 Å². The Morgan fingerprint density at radius 2 is 1.64 bits per heavy atom. The van der Waals surface area contributed by atoms with Gasteiger partial charge in [-0.15, -0.1) is 0 Å². The van der Waals surface area contributed by atoms with Gasteiger partial charge >= 0.3 is 0 Å². The molecule has 0 radical (unpaired) electrons. The lowest BCUT2D eigenvalue weighted by molar-refractivity contribution is -0.325. The summed E-state index contributed by atoms with van der Waals surface area (Å²) < 4.78 is 22.5. The summed E-state index contributed by atoms with van der Waals surface area (Å²) in [4.78, 5) is 24.7. The number of methoxy groups -OCH3 is 1. The summed E-state index contributed by atoms with van der Waals surface area (Å²) in [6.45, 7) is 5.81. The van der Waals surface area contributed by atoms with Crippen LogP contribution in [0.15, 0.2) is 0 Å². The van der Waals surface area contributed by atoms with E-state index in [9.17, 15) is 35.1 Å². The quantitative estimate of drug-likeness (QED) is 0.0943. The molecule has 2 rings (SSSR count). The summed E-state index contributed by atoms with van der Waals surface area (Å²) in [6, 6.07) is -0.872. The topological polar surface area (TPSA) is 208 Å². The summed E-state index contributed by atoms with van der Waals surface area (Å²) in [6.07, 6.45) is -8.49. The molecule has 0 bridgehead atoms. The fraction of sp³-hybridized carbons (Fsp3) is 0.920. The van der Waals surface area contributed by atoms with Gasteiger partial charge in [0.1, 0.15) is 36.6 Å². The number of aliphatic hydroxyl groups excluding tert-OH is 5. The van der Waals surface area contributed by atoms with Crippen LogP contribution >= 0.6 is 0 Å². The molecule has 14 nitrogen and oxygen atoms in total. The zero-order valence-electron chi connectivity index (χ0n) is 23.2. The Kier molecular flexibility index (Phi) is 14.5. The average Bonchev–Trinajstić information content (AvgIpc) is 2.88. The molecular formula is C25H47N3O11. The van der Waals surface area contributed by atoms with Crippen LogP contribution in [-0.2, 0) is 28.5 Å². The first-order valence-electron chi connectivity index (χ1n) is 13.6. The van der Waals surface area contributed by atoms with Crippen LogP contribution in [-0.4, -0.2) is 138 Å². The normalized spacial score (nSPS) is 35.8. The van der Waals surface area contributed by atoms with E-state index in [1.165, 1.54) is 14.0 Å². The van der Waals surface area contributed by atoms with Crippen LogP contribution in [0.3, 0.4) is 0 Å². The Morgan fingerprint density at radius 1 is 0.974 bits per heavy atom. The molecule has 0 aromatic rings. The minimum atomic E-state index is -1.64. The van der Waals surface area contributed by atoms with E-state index in [-0.39, 0.29) is 6.10 Å². The zero-order chi connectivity index (χ0) is 29.1. The smallest absolute Gasteiger partial charge is 0.252 e. The monoisotopic (exact) mass is 565 g/mol. The summed E-state index contributed by atoms with van der Waals surface area (Å²) in [5.74, 6) is -0.982. The van der Waals surface area contributed by atoms with Crippen LogP contribution < -0.4 is 16.0 Å². The third-order valence-electron chi connectivity index (χ3n) is 6.90. The maximum atomic E-state index is 13.0. The Hall–Kier alpha value is -1.46. The lowest BCUT2D eigenvalue weighted by atomic mass is 9.92. The van der Waals surface area contributed by atoms with E-state index in [2.05, 4.69) is 16.0 Å². The standard InChI is InChI=1S/C25H47N3O11/c1-13(30)11-26-9-7-5-6-8-10-27-24(35)23-22(36-4)19(33)20(34)25(39-23)38-21-17(28-15(3)31)14(2)37-16(12-29)18(21)32/h13-14,16-23,25-26,29-30,32-34H,5-12H2,1-4H3,(H,27,35)(H,28,31). The number of carbonyl (C=O) groups excluding carboxylic acids is 2. The number of amides is 2. The number of rotatable bonds is 15. The van der Waals surface area contributed by atoms with Gasteiger partial charge in [0.05, 0.1) is 24.9 Å². The van der Waals surface area contributed by atoms with Gasteiger partial charge in [0.2, 0.25) is 5.91 Å². The molecule has 11 atom stereocenters. The first-order chi connectivity index (χ1) is 18.5. The third kappa shape index (κ3) is 9.85. The lowest BCUT2D eigenvalue weighted by Crippen LogP contribution is -2.68. The van der Waals surface area contributed by atoms with E-state index in [0.717, 1.165) is 25.8 Å². The molecule has 2 aliphatic rings. The van der Waals surface area contributed by atoms with Crippen molar-refractivity contribution in [3.63, 3.8) is 0 Å². The van der Waals surface area contributed by atoms with Crippen molar-refractivity contribution in [1.82, 2.24) is 16.0 Å². The first kappa shape index (κ1) is 33.7. The second-order valence-corrected chi connectivity index (χ2v) is 10.2. The van der Waals surface area contributed by atoms with Crippen LogP contribution in [0.25, 0.3) is 0 Å². The summed E-state index contributed by atoms with van der Waals surface area (Å²) in [7, 11) is 1.28. The molecular weight excluding hydrogens is 518 g/mol. The van der Waals surface area contributed by atoms with Gasteiger partial charge in [-0.3, -0.25) is 9.59 Å². The number of aliphatic hydroxyl groups is 5. The highest BCUT2D eigenvalue weighted by Gasteiger charge is 2.52. The molecule has 2 aliphatic heterocycles.